The molecule has 25 heavy (non-hydrogen) atoms. The Labute approximate surface area is 153 Å². The monoisotopic (exact) mass is 359 g/mol. The van der Waals surface area contributed by atoms with Crippen LogP contribution < -0.4 is 0 Å². The Balaban J connectivity index is 1.81. The van der Waals surface area contributed by atoms with Crippen LogP contribution in [0.1, 0.15) is 57.5 Å². The molecule has 0 saturated carbocycles. The Kier molecular flexibility index (Phi) is 5.08. The summed E-state index contributed by atoms with van der Waals surface area (Å²) in [5, 5.41) is 3.00. The third kappa shape index (κ3) is 4.37. The molecule has 134 valence electrons. The van der Waals surface area contributed by atoms with Crippen LogP contribution in [-0.4, -0.2) is 33.1 Å². The number of amides is 1. The average Bonchev–Trinajstić information content (AvgIpc) is 3.04. The van der Waals surface area contributed by atoms with Crippen molar-refractivity contribution in [1.82, 2.24) is 14.9 Å². The van der Waals surface area contributed by atoms with E-state index < -0.39 is 5.60 Å². The minimum Gasteiger partial charge on any atom is -0.444 e. The predicted molar refractivity (Wildman–Crippen MR) is 99.6 cm³/mol. The lowest BCUT2D eigenvalue weighted by atomic mass is 10.0. The minimum absolute atomic E-state index is 0.00740. The number of piperidine rings is 1. The van der Waals surface area contributed by atoms with Crippen LogP contribution in [-0.2, 0) is 4.74 Å². The number of aromatic nitrogens is 2. The van der Waals surface area contributed by atoms with E-state index in [1.54, 1.807) is 11.3 Å². The highest BCUT2D eigenvalue weighted by Crippen LogP contribution is 2.34. The number of pyridine rings is 1. The van der Waals surface area contributed by atoms with E-state index in [1.165, 1.54) is 0 Å². The van der Waals surface area contributed by atoms with Gasteiger partial charge in [-0.3, -0.25) is 9.88 Å². The molecule has 0 aromatic carbocycles. The second-order valence-electron chi connectivity index (χ2n) is 7.45. The molecule has 1 aliphatic rings. The van der Waals surface area contributed by atoms with Crippen molar-refractivity contribution in [3.63, 3.8) is 0 Å². The number of aryl methyl sites for hydroxylation is 1. The Bertz CT molecular complexity index is 734. The van der Waals surface area contributed by atoms with Crippen molar-refractivity contribution >= 4 is 17.4 Å². The Morgan fingerprint density at radius 2 is 2.12 bits per heavy atom. The first kappa shape index (κ1) is 17.9. The van der Waals surface area contributed by atoms with Gasteiger partial charge in [-0.05, 0) is 59.1 Å². The van der Waals surface area contributed by atoms with Gasteiger partial charge in [-0.1, -0.05) is 0 Å². The van der Waals surface area contributed by atoms with Gasteiger partial charge in [-0.15, -0.1) is 11.3 Å². The average molecular weight is 359 g/mol. The number of carbonyl (C=O) groups excluding carboxylic acids is 1. The lowest BCUT2D eigenvalue weighted by Gasteiger charge is -2.36. The van der Waals surface area contributed by atoms with Crippen LogP contribution in [0.2, 0.25) is 0 Å². The van der Waals surface area contributed by atoms with Gasteiger partial charge in [0.15, 0.2) is 0 Å². The number of hydrogen-bond acceptors (Lipinski definition) is 5. The molecule has 1 aliphatic heterocycles. The van der Waals surface area contributed by atoms with Crippen molar-refractivity contribution in [2.24, 2.45) is 0 Å². The van der Waals surface area contributed by atoms with Gasteiger partial charge in [0.2, 0.25) is 0 Å². The molecule has 0 radical (unpaired) electrons. The van der Waals surface area contributed by atoms with E-state index in [4.69, 9.17) is 9.72 Å². The second kappa shape index (κ2) is 7.12. The summed E-state index contributed by atoms with van der Waals surface area (Å²) >= 11 is 1.60. The summed E-state index contributed by atoms with van der Waals surface area (Å²) in [6.45, 7) is 8.38. The molecule has 2 aromatic rings. The molecule has 1 atom stereocenters. The maximum atomic E-state index is 12.6. The van der Waals surface area contributed by atoms with Crippen LogP contribution in [0.4, 0.5) is 4.79 Å². The zero-order valence-corrected chi connectivity index (χ0v) is 16.1. The predicted octanol–water partition coefficient (Wildman–Crippen LogP) is 4.98. The summed E-state index contributed by atoms with van der Waals surface area (Å²) < 4.78 is 5.59. The molecule has 0 unspecified atom stereocenters. The van der Waals surface area contributed by atoms with Crippen LogP contribution >= 0.6 is 11.3 Å². The summed E-state index contributed by atoms with van der Waals surface area (Å²) in [6.07, 6.45) is 4.64. The van der Waals surface area contributed by atoms with E-state index in [0.717, 1.165) is 47.8 Å². The number of rotatable bonds is 2. The van der Waals surface area contributed by atoms with Crippen LogP contribution in [0, 0.1) is 6.92 Å². The largest absolute Gasteiger partial charge is 0.444 e. The van der Waals surface area contributed by atoms with Crippen molar-refractivity contribution in [2.45, 2.75) is 58.6 Å². The maximum absolute atomic E-state index is 12.6. The summed E-state index contributed by atoms with van der Waals surface area (Å²) in [6, 6.07) is 4.02. The molecular weight excluding hydrogens is 334 g/mol. The molecule has 0 N–H and O–H groups in total. The second-order valence-corrected chi connectivity index (χ2v) is 8.31. The topological polar surface area (TPSA) is 55.3 Å². The van der Waals surface area contributed by atoms with Crippen molar-refractivity contribution in [3.05, 3.63) is 35.1 Å². The highest BCUT2D eigenvalue weighted by molar-refractivity contribution is 7.13. The van der Waals surface area contributed by atoms with E-state index in [0.29, 0.717) is 0 Å². The third-order valence-corrected chi connectivity index (χ3v) is 5.06. The fraction of sp³-hybridized carbons (Fsp3) is 0.526. The third-order valence-electron chi connectivity index (χ3n) is 4.15. The molecule has 5 nitrogen and oxygen atoms in total. The van der Waals surface area contributed by atoms with Crippen LogP contribution in [0.3, 0.4) is 0 Å². The van der Waals surface area contributed by atoms with Gasteiger partial charge < -0.3 is 4.74 Å². The maximum Gasteiger partial charge on any atom is 0.410 e. The van der Waals surface area contributed by atoms with Crippen LogP contribution in [0.5, 0.6) is 0 Å². The smallest absolute Gasteiger partial charge is 0.410 e. The first-order valence-corrected chi connectivity index (χ1v) is 9.59. The van der Waals surface area contributed by atoms with Gasteiger partial charge in [-0.2, -0.15) is 0 Å². The van der Waals surface area contributed by atoms with Crippen molar-refractivity contribution in [1.29, 1.82) is 0 Å². The zero-order chi connectivity index (χ0) is 18.0. The van der Waals surface area contributed by atoms with Gasteiger partial charge in [0, 0.05) is 29.4 Å². The Morgan fingerprint density at radius 1 is 1.32 bits per heavy atom. The number of hydrogen-bond donors (Lipinski definition) is 0. The molecule has 3 rings (SSSR count). The standard InChI is InChI=1S/C19H25N3O2S/c1-13-8-9-14(11-20-13)17-21-15(12-25-17)16-7-5-6-10-22(16)18(23)24-19(2,3)4/h8-9,11-12,16H,5-7,10H2,1-4H3/t16-/m1/s1. The number of ether oxygens (including phenoxy) is 1. The van der Waals surface area contributed by atoms with Crippen molar-refractivity contribution in [2.75, 3.05) is 6.54 Å². The molecule has 0 spiro atoms. The number of thiazole rings is 1. The van der Waals surface area contributed by atoms with Crippen LogP contribution in [0.25, 0.3) is 10.6 Å². The molecule has 3 heterocycles. The van der Waals surface area contributed by atoms with Crippen LogP contribution in [0.15, 0.2) is 23.7 Å². The van der Waals surface area contributed by atoms with E-state index in [-0.39, 0.29) is 12.1 Å². The first-order chi connectivity index (χ1) is 11.8. The van der Waals surface area contributed by atoms with Crippen molar-refractivity contribution < 1.29 is 9.53 Å². The van der Waals surface area contributed by atoms with E-state index >= 15 is 0 Å². The minimum atomic E-state index is -0.486. The summed E-state index contributed by atoms with van der Waals surface area (Å²) in [5.41, 5.74) is 2.47. The molecule has 2 aromatic heterocycles. The lowest BCUT2D eigenvalue weighted by molar-refractivity contribution is 0.00908. The van der Waals surface area contributed by atoms with Gasteiger partial charge in [0.25, 0.3) is 0 Å². The molecule has 1 amide bonds. The number of carbonyl (C=O) groups is 1. The van der Waals surface area contributed by atoms with Gasteiger partial charge in [0.05, 0.1) is 11.7 Å². The Hall–Kier alpha value is -1.95. The molecule has 1 saturated heterocycles. The molecule has 1 fully saturated rings. The highest BCUT2D eigenvalue weighted by atomic mass is 32.1. The lowest BCUT2D eigenvalue weighted by Crippen LogP contribution is -2.42. The molecule has 6 heteroatoms. The van der Waals surface area contributed by atoms with E-state index in [9.17, 15) is 4.79 Å². The normalized spacial score (nSPS) is 18.2. The number of likely N-dealkylation sites (tertiary alicyclic amines) is 1. The fourth-order valence-electron chi connectivity index (χ4n) is 2.94. The summed E-state index contributed by atoms with van der Waals surface area (Å²) in [7, 11) is 0. The van der Waals surface area contributed by atoms with Gasteiger partial charge >= 0.3 is 6.09 Å². The molecule has 0 aliphatic carbocycles. The summed E-state index contributed by atoms with van der Waals surface area (Å²) in [5.74, 6) is 0. The zero-order valence-electron chi connectivity index (χ0n) is 15.3. The fourth-order valence-corrected chi connectivity index (χ4v) is 3.80. The highest BCUT2D eigenvalue weighted by Gasteiger charge is 2.32. The van der Waals surface area contributed by atoms with E-state index in [2.05, 4.69) is 10.4 Å². The van der Waals surface area contributed by atoms with E-state index in [1.807, 2.05) is 50.9 Å². The van der Waals surface area contributed by atoms with Crippen molar-refractivity contribution in [3.8, 4) is 10.6 Å². The Morgan fingerprint density at radius 3 is 2.80 bits per heavy atom. The first-order valence-electron chi connectivity index (χ1n) is 8.71. The quantitative estimate of drug-likeness (QED) is 0.759. The molecule has 0 bridgehead atoms. The number of nitrogens with zero attached hydrogens (tertiary/aromatic N) is 3. The van der Waals surface area contributed by atoms with Gasteiger partial charge in [-0.25, -0.2) is 9.78 Å². The summed E-state index contributed by atoms with van der Waals surface area (Å²) in [4.78, 5) is 23.6. The van der Waals surface area contributed by atoms with Gasteiger partial charge in [0.1, 0.15) is 10.6 Å². The molecular formula is C19H25N3O2S. The SMILES string of the molecule is Cc1ccc(-c2nc([C@H]3CCCCN3C(=O)OC(C)(C)C)cs2)cn1.